The minimum atomic E-state index is -0.221. The molecule has 0 atom stereocenters. The summed E-state index contributed by atoms with van der Waals surface area (Å²) in [6.07, 6.45) is 0.941. The van der Waals surface area contributed by atoms with E-state index in [1.807, 2.05) is 43.4 Å². The normalized spacial score (nSPS) is 11.9. The number of halogens is 2. The zero-order valence-electron chi connectivity index (χ0n) is 15.8. The molecule has 0 aliphatic rings. The van der Waals surface area contributed by atoms with E-state index in [1.54, 1.807) is 0 Å². The minimum Gasteiger partial charge on any atom is -0.287 e. The Labute approximate surface area is 165 Å². The average Bonchev–Trinajstić information content (AvgIpc) is 2.65. The molecule has 0 saturated heterocycles. The molecule has 0 heterocycles. The van der Waals surface area contributed by atoms with Gasteiger partial charge in [-0.05, 0) is 53.3 Å². The Bertz CT molecular complexity index is 941. The molecule has 27 heavy (non-hydrogen) atoms. The zero-order chi connectivity index (χ0) is 19.4. The molecule has 1 nitrogen and oxygen atoms in total. The number of rotatable bonds is 5. The van der Waals surface area contributed by atoms with Crippen LogP contribution in [-0.4, -0.2) is 12.8 Å². The molecule has 3 rings (SSSR count). The fraction of sp³-hybridized carbons (Fsp3) is 0.208. The van der Waals surface area contributed by atoms with Crippen molar-refractivity contribution < 1.29 is 4.39 Å². The van der Waals surface area contributed by atoms with Gasteiger partial charge in [0.15, 0.2) is 0 Å². The van der Waals surface area contributed by atoms with E-state index < -0.39 is 0 Å². The van der Waals surface area contributed by atoms with Crippen molar-refractivity contribution in [3.05, 3.63) is 94.3 Å². The molecule has 138 valence electrons. The van der Waals surface area contributed by atoms with Crippen molar-refractivity contribution in [3.8, 4) is 11.1 Å². The fourth-order valence-corrected chi connectivity index (χ4v) is 3.39. The van der Waals surface area contributed by atoms with Crippen molar-refractivity contribution in [1.82, 2.24) is 0 Å². The summed E-state index contributed by atoms with van der Waals surface area (Å²) in [4.78, 5) is 4.56. The highest BCUT2D eigenvalue weighted by atomic mass is 35.5. The van der Waals surface area contributed by atoms with Crippen LogP contribution in [-0.2, 0) is 6.42 Å². The van der Waals surface area contributed by atoms with Gasteiger partial charge in [-0.15, -0.1) is 0 Å². The quantitative estimate of drug-likeness (QED) is 0.431. The Morgan fingerprint density at radius 2 is 1.56 bits per heavy atom. The predicted molar refractivity (Wildman–Crippen MR) is 113 cm³/mol. The van der Waals surface area contributed by atoms with Gasteiger partial charge >= 0.3 is 0 Å². The first kappa shape index (κ1) is 19.3. The zero-order valence-corrected chi connectivity index (χ0v) is 16.6. The molecule has 0 radical (unpaired) electrons. The Kier molecular flexibility index (Phi) is 6.08. The van der Waals surface area contributed by atoms with Crippen LogP contribution in [0, 0.1) is 11.7 Å². The number of hydrogen-bond acceptors (Lipinski definition) is 1. The van der Waals surface area contributed by atoms with E-state index in [9.17, 15) is 4.39 Å². The molecule has 0 bridgehead atoms. The van der Waals surface area contributed by atoms with Gasteiger partial charge < -0.3 is 0 Å². The molecule has 0 saturated carbocycles. The van der Waals surface area contributed by atoms with Crippen LogP contribution < -0.4 is 0 Å². The molecule has 0 amide bonds. The van der Waals surface area contributed by atoms with Crippen LogP contribution >= 0.6 is 11.6 Å². The summed E-state index contributed by atoms with van der Waals surface area (Å²) in [6.45, 7) is 4.42. The monoisotopic (exact) mass is 379 g/mol. The van der Waals surface area contributed by atoms with E-state index in [0.29, 0.717) is 10.9 Å². The van der Waals surface area contributed by atoms with Crippen molar-refractivity contribution in [2.75, 3.05) is 7.05 Å². The van der Waals surface area contributed by atoms with Gasteiger partial charge in [-0.1, -0.05) is 67.9 Å². The Morgan fingerprint density at radius 3 is 2.15 bits per heavy atom. The van der Waals surface area contributed by atoms with Crippen LogP contribution in [0.4, 0.5) is 4.39 Å². The third-order valence-corrected chi connectivity index (χ3v) is 4.76. The summed E-state index contributed by atoms with van der Waals surface area (Å²) in [5, 5.41) is 0.711. The summed E-state index contributed by atoms with van der Waals surface area (Å²) in [6, 6.07) is 20.8. The first-order valence-corrected chi connectivity index (χ1v) is 9.47. The molecule has 3 aromatic rings. The van der Waals surface area contributed by atoms with Crippen LogP contribution in [0.5, 0.6) is 0 Å². The predicted octanol–water partition coefficient (Wildman–Crippen LogP) is 6.81. The number of hydrogen-bond donors (Lipinski definition) is 0. The lowest BCUT2D eigenvalue weighted by atomic mass is 9.89. The lowest BCUT2D eigenvalue weighted by Gasteiger charge is -2.16. The molecule has 0 aromatic heterocycles. The van der Waals surface area contributed by atoms with E-state index in [1.165, 1.54) is 17.7 Å². The van der Waals surface area contributed by atoms with Gasteiger partial charge in [0, 0.05) is 23.2 Å². The van der Waals surface area contributed by atoms with Crippen molar-refractivity contribution in [1.29, 1.82) is 0 Å². The van der Waals surface area contributed by atoms with E-state index in [4.69, 9.17) is 11.6 Å². The molecular weight excluding hydrogens is 357 g/mol. The SMILES string of the molecule is C/N=C(/c1ccc(Cl)cc1)c1ccc(-c2ccc(F)cc2)cc1CC(C)C. The van der Waals surface area contributed by atoms with Gasteiger partial charge in [-0.2, -0.15) is 0 Å². The first-order chi connectivity index (χ1) is 13.0. The summed E-state index contributed by atoms with van der Waals surface area (Å²) in [5.41, 5.74) is 6.45. The van der Waals surface area contributed by atoms with Gasteiger partial charge in [0.2, 0.25) is 0 Å². The molecule has 0 aliphatic heterocycles. The Hall–Kier alpha value is -2.45. The van der Waals surface area contributed by atoms with E-state index in [0.717, 1.165) is 34.4 Å². The molecule has 0 fully saturated rings. The van der Waals surface area contributed by atoms with Gasteiger partial charge in [-0.3, -0.25) is 4.99 Å². The molecule has 3 heteroatoms. The molecule has 0 spiro atoms. The summed E-state index contributed by atoms with van der Waals surface area (Å²) in [7, 11) is 1.82. The van der Waals surface area contributed by atoms with Gasteiger partial charge in [0.05, 0.1) is 5.71 Å². The second-order valence-electron chi connectivity index (χ2n) is 7.06. The lowest BCUT2D eigenvalue weighted by molar-refractivity contribution is 0.628. The molecule has 3 aromatic carbocycles. The van der Waals surface area contributed by atoms with Crippen LogP contribution in [0.3, 0.4) is 0 Å². The molecule has 0 N–H and O–H groups in total. The maximum absolute atomic E-state index is 13.3. The maximum Gasteiger partial charge on any atom is 0.123 e. The number of aliphatic imine (C=N–C) groups is 1. The number of nitrogens with zero attached hydrogens (tertiary/aromatic N) is 1. The third kappa shape index (κ3) is 4.64. The largest absolute Gasteiger partial charge is 0.287 e. The van der Waals surface area contributed by atoms with Crippen LogP contribution in [0.15, 0.2) is 71.7 Å². The van der Waals surface area contributed by atoms with Crippen LogP contribution in [0.25, 0.3) is 11.1 Å². The van der Waals surface area contributed by atoms with Crippen LogP contribution in [0.1, 0.15) is 30.5 Å². The highest BCUT2D eigenvalue weighted by molar-refractivity contribution is 6.30. The molecular formula is C24H23ClFN. The second kappa shape index (κ2) is 8.49. The maximum atomic E-state index is 13.3. The van der Waals surface area contributed by atoms with E-state index in [-0.39, 0.29) is 5.82 Å². The fourth-order valence-electron chi connectivity index (χ4n) is 3.27. The van der Waals surface area contributed by atoms with Gasteiger partial charge in [0.25, 0.3) is 0 Å². The van der Waals surface area contributed by atoms with Crippen molar-refractivity contribution in [2.45, 2.75) is 20.3 Å². The summed E-state index contributed by atoms with van der Waals surface area (Å²) in [5.74, 6) is 0.288. The van der Waals surface area contributed by atoms with Crippen molar-refractivity contribution >= 4 is 17.3 Å². The summed E-state index contributed by atoms with van der Waals surface area (Å²) < 4.78 is 13.3. The Morgan fingerprint density at radius 1 is 0.926 bits per heavy atom. The average molecular weight is 380 g/mol. The van der Waals surface area contributed by atoms with Gasteiger partial charge in [0.1, 0.15) is 5.82 Å². The first-order valence-electron chi connectivity index (χ1n) is 9.10. The molecule has 0 unspecified atom stereocenters. The highest BCUT2D eigenvalue weighted by Crippen LogP contribution is 2.27. The van der Waals surface area contributed by atoms with E-state index >= 15 is 0 Å². The standard InChI is InChI=1S/C24H23ClFN/c1-16(2)14-20-15-19(17-6-11-22(26)12-7-17)8-13-23(20)24(27-3)18-4-9-21(25)10-5-18/h4-13,15-16H,14H2,1-3H3/b27-24-. The smallest absolute Gasteiger partial charge is 0.123 e. The molecule has 0 aliphatic carbocycles. The topological polar surface area (TPSA) is 12.4 Å². The van der Waals surface area contributed by atoms with E-state index in [2.05, 4.69) is 37.0 Å². The van der Waals surface area contributed by atoms with Gasteiger partial charge in [-0.25, -0.2) is 4.39 Å². The van der Waals surface area contributed by atoms with Crippen LogP contribution in [0.2, 0.25) is 5.02 Å². The highest BCUT2D eigenvalue weighted by Gasteiger charge is 2.14. The van der Waals surface area contributed by atoms with Crippen molar-refractivity contribution in [2.24, 2.45) is 10.9 Å². The second-order valence-corrected chi connectivity index (χ2v) is 7.49. The number of benzene rings is 3. The van der Waals surface area contributed by atoms with Crippen molar-refractivity contribution in [3.63, 3.8) is 0 Å². The lowest BCUT2D eigenvalue weighted by Crippen LogP contribution is -2.09. The Balaban J connectivity index is 2.08. The third-order valence-electron chi connectivity index (χ3n) is 4.51. The summed E-state index contributed by atoms with van der Waals surface area (Å²) >= 11 is 6.04. The minimum absolute atomic E-state index is 0.221.